The van der Waals surface area contributed by atoms with Crippen LogP contribution in [0.5, 0.6) is 17.2 Å². The van der Waals surface area contributed by atoms with Crippen molar-refractivity contribution >= 4 is 45.8 Å². The van der Waals surface area contributed by atoms with E-state index in [0.29, 0.717) is 24.5 Å². The summed E-state index contributed by atoms with van der Waals surface area (Å²) in [5.74, 6) is 1.83. The summed E-state index contributed by atoms with van der Waals surface area (Å²) in [4.78, 5) is 43.2. The Morgan fingerprint density at radius 3 is 2.29 bits per heavy atom. The van der Waals surface area contributed by atoms with E-state index < -0.39 is 5.60 Å². The molecule has 3 heterocycles. The molecule has 5 rings (SSSR count). The summed E-state index contributed by atoms with van der Waals surface area (Å²) in [5.41, 5.74) is 4.31. The SMILES string of the molecule is Cc1c(C)c2c(c(C)c1O)CCC(C)(COc1ccc(CC3SC(=O)NC3=O)cc1)O2.O=C1CSC(=O)N1. The molecular weight excluding hydrogens is 528 g/mol. The van der Waals surface area contributed by atoms with Gasteiger partial charge in [-0.3, -0.25) is 29.8 Å². The molecule has 0 saturated carbocycles. The minimum Gasteiger partial charge on any atom is -0.507 e. The Labute approximate surface area is 229 Å². The maximum atomic E-state index is 11.7. The fourth-order valence-corrected chi connectivity index (χ4v) is 5.79. The second kappa shape index (κ2) is 11.3. The highest BCUT2D eigenvalue weighted by Gasteiger charge is 2.35. The number of rotatable bonds is 5. The lowest BCUT2D eigenvalue weighted by molar-refractivity contribution is -0.119. The molecule has 0 aromatic heterocycles. The molecule has 0 aliphatic carbocycles. The van der Waals surface area contributed by atoms with E-state index in [9.17, 15) is 24.3 Å². The van der Waals surface area contributed by atoms with Gasteiger partial charge in [0.15, 0.2) is 0 Å². The van der Waals surface area contributed by atoms with Crippen molar-refractivity contribution in [3.8, 4) is 17.2 Å². The van der Waals surface area contributed by atoms with E-state index >= 15 is 0 Å². The van der Waals surface area contributed by atoms with Gasteiger partial charge in [0, 0.05) is 5.56 Å². The number of aromatic hydroxyl groups is 1. The van der Waals surface area contributed by atoms with Crippen LogP contribution in [0.2, 0.25) is 0 Å². The molecule has 3 aliphatic rings. The second-order valence-corrected chi connectivity index (χ2v) is 11.9. The third kappa shape index (κ3) is 6.27. The number of phenolic OH excluding ortho intramolecular Hbond substituents is 1. The molecule has 3 aliphatic heterocycles. The Hall–Kier alpha value is -3.18. The largest absolute Gasteiger partial charge is 0.507 e. The van der Waals surface area contributed by atoms with Gasteiger partial charge in [-0.1, -0.05) is 35.7 Å². The normalized spacial score (nSPS) is 22.2. The maximum Gasteiger partial charge on any atom is 0.286 e. The van der Waals surface area contributed by atoms with Crippen LogP contribution in [-0.4, -0.2) is 50.6 Å². The summed E-state index contributed by atoms with van der Waals surface area (Å²) in [5, 5.41) is 13.9. The van der Waals surface area contributed by atoms with E-state index in [1.54, 1.807) is 0 Å². The molecule has 202 valence electrons. The van der Waals surface area contributed by atoms with Crippen molar-refractivity contribution < 1.29 is 33.8 Å². The van der Waals surface area contributed by atoms with Gasteiger partial charge in [0.25, 0.3) is 10.5 Å². The molecule has 3 N–H and O–H groups in total. The van der Waals surface area contributed by atoms with Crippen molar-refractivity contribution in [2.24, 2.45) is 0 Å². The molecule has 2 aromatic carbocycles. The van der Waals surface area contributed by atoms with Crippen LogP contribution in [0.25, 0.3) is 0 Å². The van der Waals surface area contributed by atoms with Crippen LogP contribution >= 0.6 is 23.5 Å². The lowest BCUT2D eigenvalue weighted by Crippen LogP contribution is -2.42. The van der Waals surface area contributed by atoms with Crippen molar-refractivity contribution in [3.05, 3.63) is 52.1 Å². The highest BCUT2D eigenvalue weighted by atomic mass is 32.2. The summed E-state index contributed by atoms with van der Waals surface area (Å²) in [6.07, 6.45) is 2.13. The topological polar surface area (TPSA) is 131 Å². The van der Waals surface area contributed by atoms with E-state index in [-0.39, 0.29) is 27.5 Å². The third-order valence-electron chi connectivity index (χ3n) is 6.82. The van der Waals surface area contributed by atoms with Gasteiger partial charge in [0.1, 0.15) is 29.5 Å². The predicted molar refractivity (Wildman–Crippen MR) is 146 cm³/mol. The van der Waals surface area contributed by atoms with Gasteiger partial charge >= 0.3 is 0 Å². The summed E-state index contributed by atoms with van der Waals surface area (Å²) >= 11 is 2.04. The number of hydrogen-bond donors (Lipinski definition) is 3. The highest BCUT2D eigenvalue weighted by Crippen LogP contribution is 2.43. The van der Waals surface area contributed by atoms with Crippen molar-refractivity contribution in [2.75, 3.05) is 12.4 Å². The molecule has 0 spiro atoms. The van der Waals surface area contributed by atoms with Crippen LogP contribution in [0.3, 0.4) is 0 Å². The van der Waals surface area contributed by atoms with Gasteiger partial charge in [-0.05, 0) is 81.3 Å². The van der Waals surface area contributed by atoms with Crippen molar-refractivity contribution in [3.63, 3.8) is 0 Å². The lowest BCUT2D eigenvalue weighted by Gasteiger charge is -2.37. The molecule has 9 nitrogen and oxygen atoms in total. The fraction of sp³-hybridized carbons (Fsp3) is 0.407. The quantitative estimate of drug-likeness (QED) is 0.490. The first-order chi connectivity index (χ1) is 18.0. The zero-order valence-corrected chi connectivity index (χ0v) is 23.3. The van der Waals surface area contributed by atoms with Gasteiger partial charge in [0.05, 0.1) is 11.0 Å². The number of fused-ring (bicyclic) bond motifs is 1. The van der Waals surface area contributed by atoms with Crippen molar-refractivity contribution in [2.45, 2.75) is 57.8 Å². The molecule has 0 radical (unpaired) electrons. The Balaban J connectivity index is 0.000000417. The standard InChI is InChI=1S/C24H27NO5S.C3H3NO2S/c1-13-14(2)21-18(15(3)20(13)26)9-10-24(4,30-21)12-29-17-7-5-16(6-8-17)11-19-22(27)25-23(28)31-19;5-2-1-7-3(6)4-2/h5-8,19,26H,9-12H2,1-4H3,(H,25,27,28);1H2,(H,4,5,6). The number of ether oxygens (including phenoxy) is 2. The van der Waals surface area contributed by atoms with Gasteiger partial charge in [-0.25, -0.2) is 0 Å². The number of benzene rings is 2. The smallest absolute Gasteiger partial charge is 0.286 e. The Kier molecular flexibility index (Phi) is 8.27. The lowest BCUT2D eigenvalue weighted by atomic mass is 9.87. The van der Waals surface area contributed by atoms with E-state index in [4.69, 9.17) is 9.47 Å². The van der Waals surface area contributed by atoms with Crippen molar-refractivity contribution in [1.29, 1.82) is 0 Å². The molecule has 2 atom stereocenters. The van der Waals surface area contributed by atoms with Crippen LogP contribution in [-0.2, 0) is 22.4 Å². The first-order valence-electron chi connectivity index (χ1n) is 12.2. The number of nitrogens with one attached hydrogen (secondary N) is 2. The fourth-order valence-electron chi connectivity index (χ4n) is 4.41. The molecule has 38 heavy (non-hydrogen) atoms. The Bertz CT molecular complexity index is 1280. The molecule has 0 bridgehead atoms. The molecule has 2 fully saturated rings. The van der Waals surface area contributed by atoms with Gasteiger partial charge in [0.2, 0.25) is 11.8 Å². The van der Waals surface area contributed by atoms with Crippen LogP contribution < -0.4 is 20.1 Å². The van der Waals surface area contributed by atoms with E-state index in [1.807, 2.05) is 52.0 Å². The number of carbonyl (C=O) groups is 4. The molecule has 2 aromatic rings. The zero-order chi connectivity index (χ0) is 27.6. The molecule has 2 unspecified atom stereocenters. The predicted octanol–water partition coefficient (Wildman–Crippen LogP) is 4.34. The number of phenols is 1. The molecule has 2 saturated heterocycles. The third-order valence-corrected chi connectivity index (χ3v) is 8.58. The number of imide groups is 2. The van der Waals surface area contributed by atoms with Crippen molar-refractivity contribution in [1.82, 2.24) is 10.6 Å². The van der Waals surface area contributed by atoms with Gasteiger partial charge in [-0.2, -0.15) is 0 Å². The van der Waals surface area contributed by atoms with Crippen LogP contribution in [0.15, 0.2) is 24.3 Å². The Morgan fingerprint density at radius 1 is 1.03 bits per heavy atom. The number of carbonyl (C=O) groups excluding carboxylic acids is 4. The minimum atomic E-state index is -0.467. The van der Waals surface area contributed by atoms with Gasteiger partial charge in [-0.15, -0.1) is 0 Å². The maximum absolute atomic E-state index is 11.7. The number of thioether (sulfide) groups is 2. The highest BCUT2D eigenvalue weighted by molar-refractivity contribution is 8.15. The first kappa shape index (κ1) is 27.8. The van der Waals surface area contributed by atoms with Crippen LogP contribution in [0.4, 0.5) is 9.59 Å². The Morgan fingerprint density at radius 2 is 1.74 bits per heavy atom. The summed E-state index contributed by atoms with van der Waals surface area (Å²) in [6, 6.07) is 7.61. The molecular formula is C27H30N2O7S2. The second-order valence-electron chi connectivity index (χ2n) is 9.73. The number of amides is 4. The summed E-state index contributed by atoms with van der Waals surface area (Å²) < 4.78 is 12.4. The van der Waals surface area contributed by atoms with E-state index in [1.165, 1.54) is 0 Å². The van der Waals surface area contributed by atoms with E-state index in [0.717, 1.165) is 75.7 Å². The van der Waals surface area contributed by atoms with Gasteiger partial charge < -0.3 is 14.6 Å². The summed E-state index contributed by atoms with van der Waals surface area (Å²) in [7, 11) is 0. The minimum absolute atomic E-state index is 0.185. The molecule has 4 amide bonds. The summed E-state index contributed by atoms with van der Waals surface area (Å²) in [6.45, 7) is 8.28. The molecule has 11 heteroatoms. The van der Waals surface area contributed by atoms with Crippen LogP contribution in [0.1, 0.15) is 41.2 Å². The van der Waals surface area contributed by atoms with Crippen LogP contribution in [0, 0.1) is 20.8 Å². The average Bonchev–Trinajstić information content (AvgIpc) is 3.42. The number of hydrogen-bond acceptors (Lipinski definition) is 9. The monoisotopic (exact) mass is 558 g/mol. The van der Waals surface area contributed by atoms with E-state index in [2.05, 4.69) is 10.6 Å². The first-order valence-corrected chi connectivity index (χ1v) is 14.0. The zero-order valence-electron chi connectivity index (χ0n) is 21.6. The average molecular weight is 559 g/mol.